The van der Waals surface area contributed by atoms with E-state index in [1.807, 2.05) is 0 Å². The van der Waals surface area contributed by atoms with E-state index in [-0.39, 0.29) is 11.8 Å². The molecule has 0 saturated carbocycles. The van der Waals surface area contributed by atoms with Crippen LogP contribution < -0.4 is 10.1 Å². The summed E-state index contributed by atoms with van der Waals surface area (Å²) in [5.41, 5.74) is -0.636. The van der Waals surface area contributed by atoms with Crippen LogP contribution in [-0.2, 0) is 9.59 Å². The van der Waals surface area contributed by atoms with Gasteiger partial charge in [-0.3, -0.25) is 9.59 Å². The van der Waals surface area contributed by atoms with Crippen molar-refractivity contribution in [1.82, 2.24) is 5.32 Å². The Bertz CT molecular complexity index is 670. The number of amides is 1. The molecule has 0 radical (unpaired) electrons. The summed E-state index contributed by atoms with van der Waals surface area (Å²) in [5.74, 6) is -9.88. The van der Waals surface area contributed by atoms with E-state index in [0.717, 1.165) is 26.2 Å². The van der Waals surface area contributed by atoms with Crippen LogP contribution in [0.25, 0.3) is 0 Å². The smallest absolute Gasteiger partial charge is 0.311 e. The number of carbonyl (C=O) groups excluding carboxylic acids is 2. The van der Waals surface area contributed by atoms with Crippen molar-refractivity contribution >= 4 is 11.9 Å². The van der Waals surface area contributed by atoms with E-state index in [1.165, 1.54) is 0 Å². The Labute approximate surface area is 156 Å². The van der Waals surface area contributed by atoms with Gasteiger partial charge in [-0.15, -0.1) is 0 Å². The largest absolute Gasteiger partial charge is 0.420 e. The molecule has 0 aliphatic heterocycles. The fourth-order valence-corrected chi connectivity index (χ4v) is 2.29. The van der Waals surface area contributed by atoms with Crippen molar-refractivity contribution in [3.05, 3.63) is 28.8 Å². The maximum atomic E-state index is 13.6. The van der Waals surface area contributed by atoms with E-state index >= 15 is 0 Å². The van der Waals surface area contributed by atoms with Gasteiger partial charge in [-0.1, -0.05) is 27.2 Å². The molecule has 0 atom stereocenters. The Morgan fingerprint density at radius 1 is 0.926 bits per heavy atom. The van der Waals surface area contributed by atoms with Gasteiger partial charge in [0.05, 0.1) is 6.42 Å². The zero-order valence-corrected chi connectivity index (χ0v) is 16.0. The SMILES string of the molecule is Cc1c(F)c(F)c(OC(=O)CCC(=O)NCCCCC(C)(C)C)c(F)c1F. The molecule has 8 heteroatoms. The third kappa shape index (κ3) is 7.19. The molecule has 0 saturated heterocycles. The topological polar surface area (TPSA) is 55.4 Å². The minimum absolute atomic E-state index is 0.216. The zero-order chi connectivity index (χ0) is 20.8. The molecule has 1 aromatic carbocycles. The lowest BCUT2D eigenvalue weighted by molar-refractivity contribution is -0.136. The van der Waals surface area contributed by atoms with Crippen LogP contribution in [-0.4, -0.2) is 18.4 Å². The lowest BCUT2D eigenvalue weighted by Crippen LogP contribution is -2.25. The number of benzene rings is 1. The van der Waals surface area contributed by atoms with E-state index < -0.39 is 52.9 Å². The summed E-state index contributed by atoms with van der Waals surface area (Å²) < 4.78 is 58.5. The highest BCUT2D eigenvalue weighted by Gasteiger charge is 2.26. The average Bonchev–Trinajstić information content (AvgIpc) is 2.59. The van der Waals surface area contributed by atoms with Crippen LogP contribution >= 0.6 is 0 Å². The summed E-state index contributed by atoms with van der Waals surface area (Å²) in [6, 6.07) is 0. The Morgan fingerprint density at radius 3 is 2.00 bits per heavy atom. The average molecular weight is 391 g/mol. The van der Waals surface area contributed by atoms with Gasteiger partial charge in [0.1, 0.15) is 0 Å². The highest BCUT2D eigenvalue weighted by atomic mass is 19.2. The standard InChI is InChI=1S/C19H25F4NO3/c1-11-14(20)16(22)18(17(23)15(11)21)27-13(26)8-7-12(25)24-10-6-5-9-19(2,3)4/h5-10H2,1-4H3,(H,24,25). The number of ether oxygens (including phenoxy) is 1. The maximum absolute atomic E-state index is 13.6. The molecular weight excluding hydrogens is 366 g/mol. The van der Waals surface area contributed by atoms with Crippen LogP contribution in [0.3, 0.4) is 0 Å². The summed E-state index contributed by atoms with van der Waals surface area (Å²) in [5, 5.41) is 2.62. The minimum atomic E-state index is -1.79. The van der Waals surface area contributed by atoms with E-state index in [1.54, 1.807) is 0 Å². The molecule has 0 bridgehead atoms. The lowest BCUT2D eigenvalue weighted by atomic mass is 9.90. The molecule has 0 aliphatic carbocycles. The molecule has 0 aliphatic rings. The first-order valence-corrected chi connectivity index (χ1v) is 8.74. The van der Waals surface area contributed by atoms with Gasteiger partial charge in [0.15, 0.2) is 11.6 Å². The Morgan fingerprint density at radius 2 is 1.48 bits per heavy atom. The number of hydrogen-bond donors (Lipinski definition) is 1. The molecular formula is C19H25F4NO3. The second-order valence-corrected chi connectivity index (χ2v) is 7.55. The monoisotopic (exact) mass is 391 g/mol. The third-order valence-corrected chi connectivity index (χ3v) is 3.89. The van der Waals surface area contributed by atoms with Gasteiger partial charge in [0.25, 0.3) is 0 Å². The predicted molar refractivity (Wildman–Crippen MR) is 92.2 cm³/mol. The third-order valence-electron chi connectivity index (χ3n) is 3.89. The summed E-state index contributed by atoms with van der Waals surface area (Å²) in [4.78, 5) is 23.3. The fraction of sp³-hybridized carbons (Fsp3) is 0.579. The molecule has 152 valence electrons. The molecule has 4 nitrogen and oxygen atoms in total. The van der Waals surface area contributed by atoms with Crippen LogP contribution in [0.5, 0.6) is 5.75 Å². The van der Waals surface area contributed by atoms with Gasteiger partial charge in [-0.25, -0.2) is 8.78 Å². The van der Waals surface area contributed by atoms with Crippen LogP contribution in [0, 0.1) is 35.6 Å². The van der Waals surface area contributed by atoms with Crippen molar-refractivity contribution in [1.29, 1.82) is 0 Å². The second kappa shape index (κ2) is 9.71. The van der Waals surface area contributed by atoms with Crippen molar-refractivity contribution in [2.75, 3.05) is 6.54 Å². The quantitative estimate of drug-likeness (QED) is 0.232. The Hall–Kier alpha value is -2.12. The van der Waals surface area contributed by atoms with E-state index in [2.05, 4.69) is 30.8 Å². The minimum Gasteiger partial charge on any atom is -0.420 e. The molecule has 0 fully saturated rings. The number of halogens is 4. The van der Waals surface area contributed by atoms with E-state index in [4.69, 9.17) is 0 Å². The second-order valence-electron chi connectivity index (χ2n) is 7.55. The summed E-state index contributed by atoms with van der Waals surface area (Å²) in [6.45, 7) is 7.66. The number of unbranched alkanes of at least 4 members (excludes halogenated alkanes) is 1. The molecule has 0 heterocycles. The summed E-state index contributed by atoms with van der Waals surface area (Å²) in [6.07, 6.45) is 1.98. The van der Waals surface area contributed by atoms with Crippen LogP contribution in [0.4, 0.5) is 17.6 Å². The van der Waals surface area contributed by atoms with Crippen LogP contribution in [0.15, 0.2) is 0 Å². The lowest BCUT2D eigenvalue weighted by Gasteiger charge is -2.17. The van der Waals surface area contributed by atoms with Crippen LogP contribution in [0.2, 0.25) is 0 Å². The van der Waals surface area contributed by atoms with Crippen molar-refractivity contribution in [3.8, 4) is 5.75 Å². The van der Waals surface area contributed by atoms with Gasteiger partial charge >= 0.3 is 5.97 Å². The number of carbonyl (C=O) groups is 2. The first-order valence-electron chi connectivity index (χ1n) is 8.74. The highest BCUT2D eigenvalue weighted by Crippen LogP contribution is 2.29. The van der Waals surface area contributed by atoms with Crippen LogP contribution in [0.1, 0.15) is 58.4 Å². The van der Waals surface area contributed by atoms with E-state index in [9.17, 15) is 27.2 Å². The molecule has 1 amide bonds. The van der Waals surface area contributed by atoms with E-state index in [0.29, 0.717) is 6.54 Å². The van der Waals surface area contributed by atoms with Gasteiger partial charge in [-0.05, 0) is 25.2 Å². The van der Waals surface area contributed by atoms with Crippen molar-refractivity contribution < 1.29 is 31.9 Å². The zero-order valence-electron chi connectivity index (χ0n) is 16.0. The molecule has 1 aromatic rings. The van der Waals surface area contributed by atoms with Crippen molar-refractivity contribution in [3.63, 3.8) is 0 Å². The number of nitrogens with one attached hydrogen (secondary N) is 1. The molecule has 1 N–H and O–H groups in total. The van der Waals surface area contributed by atoms with Gasteiger partial charge < -0.3 is 10.1 Å². The number of rotatable bonds is 8. The Kier molecular flexibility index (Phi) is 8.24. The van der Waals surface area contributed by atoms with Gasteiger partial charge in [0.2, 0.25) is 23.3 Å². The number of hydrogen-bond acceptors (Lipinski definition) is 3. The van der Waals surface area contributed by atoms with Crippen molar-refractivity contribution in [2.24, 2.45) is 5.41 Å². The number of esters is 1. The first kappa shape index (κ1) is 22.9. The normalized spacial score (nSPS) is 11.4. The highest BCUT2D eigenvalue weighted by molar-refractivity contribution is 5.82. The molecule has 27 heavy (non-hydrogen) atoms. The summed E-state index contributed by atoms with van der Waals surface area (Å²) in [7, 11) is 0. The predicted octanol–water partition coefficient (Wildman–Crippen LogP) is 4.57. The van der Waals surface area contributed by atoms with Gasteiger partial charge in [0, 0.05) is 18.5 Å². The first-order chi connectivity index (χ1) is 12.4. The summed E-state index contributed by atoms with van der Waals surface area (Å²) >= 11 is 0. The Balaban J connectivity index is 2.45. The fourth-order valence-electron chi connectivity index (χ4n) is 2.29. The molecule has 0 aromatic heterocycles. The maximum Gasteiger partial charge on any atom is 0.311 e. The molecule has 0 spiro atoms. The molecule has 1 rings (SSSR count). The molecule has 0 unspecified atom stereocenters. The van der Waals surface area contributed by atoms with Gasteiger partial charge in [-0.2, -0.15) is 8.78 Å². The van der Waals surface area contributed by atoms with Crippen molar-refractivity contribution in [2.45, 2.75) is 59.8 Å².